The minimum absolute atomic E-state index is 0.0178. The van der Waals surface area contributed by atoms with Crippen LogP contribution < -0.4 is 9.64 Å². The molecule has 0 radical (unpaired) electrons. The zero-order valence-corrected chi connectivity index (χ0v) is 11.1. The average Bonchev–Trinajstić information content (AvgIpc) is 2.37. The number of ether oxygens (including phenoxy) is 2. The molecule has 0 amide bonds. The number of anilines is 1. The van der Waals surface area contributed by atoms with E-state index in [0.29, 0.717) is 12.4 Å². The molecule has 0 aromatic carbocycles. The normalized spacial score (nSPS) is 22.9. The maximum atomic E-state index is 9.29. The Hall–Kier alpha value is -1.33. The van der Waals surface area contributed by atoms with Crippen LogP contribution in [0.15, 0.2) is 18.2 Å². The molecule has 5 heteroatoms. The molecule has 18 heavy (non-hydrogen) atoms. The predicted octanol–water partition coefficient (Wildman–Crippen LogP) is 1.07. The zero-order chi connectivity index (χ0) is 13.2. The van der Waals surface area contributed by atoms with Gasteiger partial charge in [0, 0.05) is 19.2 Å². The first kappa shape index (κ1) is 13.1. The summed E-state index contributed by atoms with van der Waals surface area (Å²) in [6.07, 6.45) is -0.179. The van der Waals surface area contributed by atoms with Crippen molar-refractivity contribution in [3.63, 3.8) is 0 Å². The molecular formula is C13H20N2O3. The van der Waals surface area contributed by atoms with Crippen molar-refractivity contribution >= 4 is 5.82 Å². The first-order valence-corrected chi connectivity index (χ1v) is 6.09. The molecular weight excluding hydrogens is 232 g/mol. The van der Waals surface area contributed by atoms with E-state index in [0.717, 1.165) is 12.4 Å². The van der Waals surface area contributed by atoms with Crippen molar-refractivity contribution in [1.82, 2.24) is 4.98 Å². The van der Waals surface area contributed by atoms with Gasteiger partial charge < -0.3 is 19.5 Å². The smallest absolute Gasteiger partial charge is 0.214 e. The van der Waals surface area contributed by atoms with Gasteiger partial charge >= 0.3 is 0 Å². The summed E-state index contributed by atoms with van der Waals surface area (Å²) in [5.41, 5.74) is -0.295. The monoisotopic (exact) mass is 252 g/mol. The van der Waals surface area contributed by atoms with Gasteiger partial charge in [-0.05, 0) is 19.9 Å². The van der Waals surface area contributed by atoms with E-state index < -0.39 is 0 Å². The minimum atomic E-state index is -0.295. The quantitative estimate of drug-likeness (QED) is 0.872. The summed E-state index contributed by atoms with van der Waals surface area (Å²) >= 11 is 0. The second-order valence-corrected chi connectivity index (χ2v) is 5.10. The number of aliphatic hydroxyl groups excluding tert-OH is 1. The van der Waals surface area contributed by atoms with Gasteiger partial charge in [0.2, 0.25) is 5.88 Å². The Morgan fingerprint density at radius 3 is 3.00 bits per heavy atom. The van der Waals surface area contributed by atoms with Gasteiger partial charge in [-0.1, -0.05) is 6.07 Å². The number of rotatable bonds is 3. The Kier molecular flexibility index (Phi) is 3.73. The Morgan fingerprint density at radius 2 is 2.33 bits per heavy atom. The lowest BCUT2D eigenvalue weighted by atomic mass is 10.1. The molecule has 2 rings (SSSR count). The van der Waals surface area contributed by atoms with Crippen LogP contribution in [0.25, 0.3) is 0 Å². The molecule has 1 fully saturated rings. The van der Waals surface area contributed by atoms with Crippen LogP contribution in [-0.2, 0) is 4.74 Å². The van der Waals surface area contributed by atoms with Crippen molar-refractivity contribution in [3.05, 3.63) is 18.2 Å². The largest absolute Gasteiger partial charge is 0.481 e. The summed E-state index contributed by atoms with van der Waals surface area (Å²) in [5.74, 6) is 1.45. The van der Waals surface area contributed by atoms with Gasteiger partial charge in [0.15, 0.2) is 0 Å². The molecule has 0 aliphatic carbocycles. The zero-order valence-electron chi connectivity index (χ0n) is 11.1. The van der Waals surface area contributed by atoms with Crippen LogP contribution in [0.3, 0.4) is 0 Å². The van der Waals surface area contributed by atoms with Crippen LogP contribution in [0, 0.1) is 0 Å². The lowest BCUT2D eigenvalue weighted by Gasteiger charge is -2.42. The molecule has 0 saturated carbocycles. The molecule has 100 valence electrons. The Balaban J connectivity index is 2.20. The van der Waals surface area contributed by atoms with Gasteiger partial charge in [0.25, 0.3) is 0 Å². The molecule has 1 unspecified atom stereocenters. The minimum Gasteiger partial charge on any atom is -0.481 e. The molecule has 1 N–H and O–H groups in total. The van der Waals surface area contributed by atoms with E-state index in [-0.39, 0.29) is 18.3 Å². The van der Waals surface area contributed by atoms with Gasteiger partial charge in [-0.2, -0.15) is 4.98 Å². The summed E-state index contributed by atoms with van der Waals surface area (Å²) in [6, 6.07) is 5.68. The number of hydrogen-bond donors (Lipinski definition) is 1. The molecule has 5 nitrogen and oxygen atoms in total. The highest BCUT2D eigenvalue weighted by molar-refractivity contribution is 5.42. The molecule has 1 aromatic heterocycles. The van der Waals surface area contributed by atoms with Crippen molar-refractivity contribution in [1.29, 1.82) is 0 Å². The maximum absolute atomic E-state index is 9.29. The molecule has 2 heterocycles. The van der Waals surface area contributed by atoms with Crippen LogP contribution in [0.1, 0.15) is 13.8 Å². The number of aromatic nitrogens is 1. The fraction of sp³-hybridized carbons (Fsp3) is 0.615. The fourth-order valence-corrected chi connectivity index (χ4v) is 2.26. The van der Waals surface area contributed by atoms with Crippen molar-refractivity contribution in [2.75, 3.05) is 31.7 Å². The molecule has 1 saturated heterocycles. The van der Waals surface area contributed by atoms with E-state index in [9.17, 15) is 5.11 Å². The number of methoxy groups -OCH3 is 1. The van der Waals surface area contributed by atoms with E-state index >= 15 is 0 Å². The van der Waals surface area contributed by atoms with Crippen LogP contribution >= 0.6 is 0 Å². The lowest BCUT2D eigenvalue weighted by Crippen LogP contribution is -2.54. The van der Waals surface area contributed by atoms with Crippen molar-refractivity contribution in [2.24, 2.45) is 0 Å². The van der Waals surface area contributed by atoms with E-state index in [4.69, 9.17) is 9.47 Å². The third kappa shape index (κ3) is 2.91. The predicted molar refractivity (Wildman–Crippen MR) is 69.0 cm³/mol. The van der Waals surface area contributed by atoms with Crippen LogP contribution in [0.4, 0.5) is 5.82 Å². The third-order valence-corrected chi connectivity index (χ3v) is 2.93. The highest BCUT2D eigenvalue weighted by Crippen LogP contribution is 2.25. The van der Waals surface area contributed by atoms with Gasteiger partial charge in [-0.15, -0.1) is 0 Å². The maximum Gasteiger partial charge on any atom is 0.214 e. The summed E-state index contributed by atoms with van der Waals surface area (Å²) in [4.78, 5) is 6.53. The van der Waals surface area contributed by atoms with Gasteiger partial charge in [-0.25, -0.2) is 0 Å². The number of hydrogen-bond acceptors (Lipinski definition) is 5. The summed E-state index contributed by atoms with van der Waals surface area (Å²) in [6.45, 7) is 5.43. The lowest BCUT2D eigenvalue weighted by molar-refractivity contribution is -0.101. The molecule has 1 aromatic rings. The van der Waals surface area contributed by atoms with Crippen LogP contribution in [0.2, 0.25) is 0 Å². The number of pyridine rings is 1. The van der Waals surface area contributed by atoms with Crippen LogP contribution in [0.5, 0.6) is 5.88 Å². The third-order valence-electron chi connectivity index (χ3n) is 2.93. The summed E-state index contributed by atoms with van der Waals surface area (Å²) < 4.78 is 10.9. The average molecular weight is 252 g/mol. The number of morpholine rings is 1. The standard InChI is InChI=1S/C13H20N2O3/c1-13(2)9-15(7-10(8-16)18-13)11-5-4-6-12(14-11)17-3/h4-6,10,16H,7-9H2,1-3H3. The molecule has 1 aliphatic rings. The van der Waals surface area contributed by atoms with Gasteiger partial charge in [0.1, 0.15) is 5.82 Å². The second-order valence-electron chi connectivity index (χ2n) is 5.10. The SMILES string of the molecule is COc1cccc(N2CC(CO)OC(C)(C)C2)n1. The van der Waals surface area contributed by atoms with Gasteiger partial charge in [0.05, 0.1) is 25.4 Å². The van der Waals surface area contributed by atoms with E-state index in [1.807, 2.05) is 32.0 Å². The molecule has 1 atom stereocenters. The van der Waals surface area contributed by atoms with E-state index in [1.165, 1.54) is 0 Å². The molecule has 0 spiro atoms. The van der Waals surface area contributed by atoms with Crippen LogP contribution in [-0.4, -0.2) is 48.6 Å². The first-order chi connectivity index (χ1) is 8.54. The molecule has 0 bridgehead atoms. The van der Waals surface area contributed by atoms with Crippen molar-refractivity contribution in [3.8, 4) is 5.88 Å². The Bertz CT molecular complexity index is 409. The Morgan fingerprint density at radius 1 is 1.56 bits per heavy atom. The highest BCUT2D eigenvalue weighted by atomic mass is 16.5. The highest BCUT2D eigenvalue weighted by Gasteiger charge is 2.33. The van der Waals surface area contributed by atoms with Crippen molar-refractivity contribution < 1.29 is 14.6 Å². The Labute approximate surface area is 107 Å². The first-order valence-electron chi connectivity index (χ1n) is 6.09. The molecule has 1 aliphatic heterocycles. The fourth-order valence-electron chi connectivity index (χ4n) is 2.26. The summed E-state index contributed by atoms with van der Waals surface area (Å²) in [7, 11) is 1.60. The summed E-state index contributed by atoms with van der Waals surface area (Å²) in [5, 5.41) is 9.29. The van der Waals surface area contributed by atoms with E-state index in [1.54, 1.807) is 7.11 Å². The van der Waals surface area contributed by atoms with E-state index in [2.05, 4.69) is 9.88 Å². The number of aliphatic hydroxyl groups is 1. The van der Waals surface area contributed by atoms with Gasteiger partial charge in [-0.3, -0.25) is 0 Å². The topological polar surface area (TPSA) is 54.8 Å². The second kappa shape index (κ2) is 5.12. The van der Waals surface area contributed by atoms with Crippen molar-refractivity contribution in [2.45, 2.75) is 25.6 Å². The number of nitrogens with zero attached hydrogens (tertiary/aromatic N) is 2.